The number of carbonyl (C=O) groups excluding carboxylic acids is 1. The summed E-state index contributed by atoms with van der Waals surface area (Å²) in [7, 11) is 1.62. The first-order chi connectivity index (χ1) is 9.36. The second-order valence-corrected chi connectivity index (χ2v) is 5.05. The van der Waals surface area contributed by atoms with Gasteiger partial charge in [-0.15, -0.1) is 0 Å². The van der Waals surface area contributed by atoms with E-state index >= 15 is 0 Å². The van der Waals surface area contributed by atoms with Crippen LogP contribution in [0.5, 0.6) is 0 Å². The van der Waals surface area contributed by atoms with Gasteiger partial charge in [-0.1, -0.05) is 38.0 Å². The lowest BCUT2D eigenvalue weighted by atomic mass is 9.99. The van der Waals surface area contributed by atoms with E-state index in [2.05, 4.69) is 5.32 Å². The van der Waals surface area contributed by atoms with Crippen molar-refractivity contribution in [2.75, 3.05) is 11.9 Å². The summed E-state index contributed by atoms with van der Waals surface area (Å²) in [6.07, 6.45) is 0.686. The summed E-state index contributed by atoms with van der Waals surface area (Å²) in [6, 6.07) is 6.18. The third-order valence-corrected chi connectivity index (χ3v) is 3.48. The molecule has 5 heteroatoms. The van der Waals surface area contributed by atoms with Crippen LogP contribution in [0.1, 0.15) is 25.8 Å². The van der Waals surface area contributed by atoms with Gasteiger partial charge in [-0.2, -0.15) is 0 Å². The maximum atomic E-state index is 12.1. The molecular weight excluding hydrogens is 256 g/mol. The minimum atomic E-state index is -1.01. The van der Waals surface area contributed by atoms with Gasteiger partial charge in [0.25, 0.3) is 0 Å². The SMILES string of the molecule is CCC(C)[C@H](NC(=O)N(C)c1ccc(C)cc1)C(=O)O. The number of nitrogens with one attached hydrogen (secondary N) is 1. The van der Waals surface area contributed by atoms with Crippen LogP contribution in [0, 0.1) is 12.8 Å². The maximum absolute atomic E-state index is 12.1. The van der Waals surface area contributed by atoms with E-state index in [9.17, 15) is 14.7 Å². The summed E-state index contributed by atoms with van der Waals surface area (Å²) in [5.41, 5.74) is 1.83. The van der Waals surface area contributed by atoms with Crippen molar-refractivity contribution in [3.8, 4) is 0 Å². The van der Waals surface area contributed by atoms with E-state index in [1.54, 1.807) is 7.05 Å². The molecule has 2 N–H and O–H groups in total. The van der Waals surface area contributed by atoms with Gasteiger partial charge in [-0.3, -0.25) is 4.90 Å². The van der Waals surface area contributed by atoms with Crippen LogP contribution >= 0.6 is 0 Å². The second-order valence-electron chi connectivity index (χ2n) is 5.05. The van der Waals surface area contributed by atoms with E-state index < -0.39 is 18.0 Å². The van der Waals surface area contributed by atoms with Crippen molar-refractivity contribution in [3.05, 3.63) is 29.8 Å². The number of anilines is 1. The number of amides is 2. The molecule has 2 atom stereocenters. The highest BCUT2D eigenvalue weighted by Gasteiger charge is 2.26. The first kappa shape index (κ1) is 16.0. The van der Waals surface area contributed by atoms with E-state index in [-0.39, 0.29) is 5.92 Å². The predicted molar refractivity (Wildman–Crippen MR) is 79.0 cm³/mol. The van der Waals surface area contributed by atoms with Crippen LogP contribution in [0.15, 0.2) is 24.3 Å². The zero-order valence-electron chi connectivity index (χ0n) is 12.4. The molecule has 110 valence electrons. The number of hydrogen-bond acceptors (Lipinski definition) is 2. The number of benzene rings is 1. The largest absolute Gasteiger partial charge is 0.480 e. The van der Waals surface area contributed by atoms with Crippen molar-refractivity contribution < 1.29 is 14.7 Å². The monoisotopic (exact) mass is 278 g/mol. The summed E-state index contributed by atoms with van der Waals surface area (Å²) < 4.78 is 0. The van der Waals surface area contributed by atoms with Gasteiger partial charge in [0.05, 0.1) is 0 Å². The molecule has 0 bridgehead atoms. The molecule has 0 aliphatic rings. The Hall–Kier alpha value is -2.04. The second kappa shape index (κ2) is 6.93. The normalized spacial score (nSPS) is 13.4. The minimum Gasteiger partial charge on any atom is -0.480 e. The lowest BCUT2D eigenvalue weighted by Crippen LogP contribution is -2.49. The number of carbonyl (C=O) groups is 2. The highest BCUT2D eigenvalue weighted by atomic mass is 16.4. The topological polar surface area (TPSA) is 69.6 Å². The van der Waals surface area contributed by atoms with Crippen LogP contribution in [-0.4, -0.2) is 30.2 Å². The van der Waals surface area contributed by atoms with Crippen molar-refractivity contribution in [1.29, 1.82) is 0 Å². The Morgan fingerprint density at radius 1 is 1.30 bits per heavy atom. The fourth-order valence-corrected chi connectivity index (χ4v) is 1.80. The first-order valence-corrected chi connectivity index (χ1v) is 6.70. The number of aryl methyl sites for hydroxylation is 1. The van der Waals surface area contributed by atoms with E-state index in [1.165, 1.54) is 4.90 Å². The van der Waals surface area contributed by atoms with Gasteiger partial charge in [-0.05, 0) is 25.0 Å². The molecule has 0 heterocycles. The van der Waals surface area contributed by atoms with E-state index in [0.29, 0.717) is 6.42 Å². The number of carboxylic acid groups (broad SMARTS) is 1. The highest BCUT2D eigenvalue weighted by molar-refractivity contribution is 5.94. The van der Waals surface area contributed by atoms with E-state index in [4.69, 9.17) is 0 Å². The van der Waals surface area contributed by atoms with E-state index in [1.807, 2.05) is 45.0 Å². The smallest absolute Gasteiger partial charge is 0.326 e. The lowest BCUT2D eigenvalue weighted by Gasteiger charge is -2.24. The maximum Gasteiger partial charge on any atom is 0.326 e. The van der Waals surface area contributed by atoms with Gasteiger partial charge in [0, 0.05) is 12.7 Å². The zero-order chi connectivity index (χ0) is 15.3. The molecule has 0 fully saturated rings. The molecule has 0 radical (unpaired) electrons. The van der Waals surface area contributed by atoms with Gasteiger partial charge < -0.3 is 10.4 Å². The molecule has 0 spiro atoms. The number of aliphatic carboxylic acids is 1. The predicted octanol–water partition coefficient (Wildman–Crippen LogP) is 2.64. The molecule has 1 aromatic carbocycles. The summed E-state index contributed by atoms with van der Waals surface area (Å²) >= 11 is 0. The molecule has 0 saturated carbocycles. The highest BCUT2D eigenvalue weighted by Crippen LogP contribution is 2.14. The number of carboxylic acids is 1. The Balaban J connectivity index is 2.78. The molecule has 1 aromatic rings. The Morgan fingerprint density at radius 3 is 2.30 bits per heavy atom. The fraction of sp³-hybridized carbons (Fsp3) is 0.467. The average molecular weight is 278 g/mol. The number of rotatable bonds is 5. The van der Waals surface area contributed by atoms with E-state index in [0.717, 1.165) is 11.3 Å². The zero-order valence-corrected chi connectivity index (χ0v) is 12.4. The minimum absolute atomic E-state index is 0.122. The summed E-state index contributed by atoms with van der Waals surface area (Å²) in [6.45, 7) is 5.68. The Morgan fingerprint density at radius 2 is 1.85 bits per heavy atom. The van der Waals surface area contributed by atoms with Crippen molar-refractivity contribution in [2.45, 2.75) is 33.2 Å². The molecular formula is C15H22N2O3. The van der Waals surface area contributed by atoms with Crippen molar-refractivity contribution in [2.24, 2.45) is 5.92 Å². The molecule has 0 aliphatic heterocycles. The van der Waals surface area contributed by atoms with Crippen LogP contribution < -0.4 is 10.2 Å². The van der Waals surface area contributed by atoms with Gasteiger partial charge in [0.15, 0.2) is 0 Å². The van der Waals surface area contributed by atoms with Crippen molar-refractivity contribution in [3.63, 3.8) is 0 Å². The van der Waals surface area contributed by atoms with Crippen LogP contribution in [0.3, 0.4) is 0 Å². The molecule has 20 heavy (non-hydrogen) atoms. The van der Waals surface area contributed by atoms with Gasteiger partial charge >= 0.3 is 12.0 Å². The van der Waals surface area contributed by atoms with Crippen molar-refractivity contribution >= 4 is 17.7 Å². The first-order valence-electron chi connectivity index (χ1n) is 6.70. The molecule has 0 aliphatic carbocycles. The summed E-state index contributed by atoms with van der Waals surface area (Å²) in [5, 5.41) is 11.7. The number of urea groups is 1. The molecule has 5 nitrogen and oxygen atoms in total. The van der Waals surface area contributed by atoms with Crippen molar-refractivity contribution in [1.82, 2.24) is 5.32 Å². The quantitative estimate of drug-likeness (QED) is 0.870. The average Bonchev–Trinajstić information content (AvgIpc) is 2.43. The van der Waals surface area contributed by atoms with Crippen LogP contribution in [0.25, 0.3) is 0 Å². The molecule has 1 unspecified atom stereocenters. The Kier molecular flexibility index (Phi) is 5.55. The summed E-state index contributed by atoms with van der Waals surface area (Å²) in [4.78, 5) is 24.7. The number of hydrogen-bond donors (Lipinski definition) is 2. The standard InChI is InChI=1S/C15H22N2O3/c1-5-11(3)13(14(18)19)16-15(20)17(4)12-8-6-10(2)7-9-12/h6-9,11,13H,5H2,1-4H3,(H,16,20)(H,18,19)/t11?,13-/m0/s1. The lowest BCUT2D eigenvalue weighted by molar-refractivity contribution is -0.140. The van der Waals surface area contributed by atoms with Gasteiger partial charge in [-0.25, -0.2) is 9.59 Å². The molecule has 0 saturated heterocycles. The van der Waals surface area contributed by atoms with Crippen LogP contribution in [-0.2, 0) is 4.79 Å². The van der Waals surface area contributed by atoms with Gasteiger partial charge in [0.2, 0.25) is 0 Å². The Bertz CT molecular complexity index is 471. The summed E-state index contributed by atoms with van der Waals surface area (Å²) in [5.74, 6) is -1.13. The van der Waals surface area contributed by atoms with Gasteiger partial charge in [0.1, 0.15) is 6.04 Å². The molecule has 2 amide bonds. The number of nitrogens with zero attached hydrogens (tertiary/aromatic N) is 1. The third-order valence-electron chi connectivity index (χ3n) is 3.48. The molecule has 0 aromatic heterocycles. The van der Waals surface area contributed by atoms with Crippen LogP contribution in [0.4, 0.5) is 10.5 Å². The molecule has 1 rings (SSSR count). The third kappa shape index (κ3) is 3.98. The Labute approximate surface area is 119 Å². The fourth-order valence-electron chi connectivity index (χ4n) is 1.80. The van der Waals surface area contributed by atoms with Crippen LogP contribution in [0.2, 0.25) is 0 Å².